The van der Waals surface area contributed by atoms with E-state index in [4.69, 9.17) is 0 Å². The Bertz CT molecular complexity index is 264. The Balaban J connectivity index is 1.95. The quantitative estimate of drug-likeness (QED) is 0.642. The molecule has 1 aromatic heterocycles. The van der Waals surface area contributed by atoms with Crippen LogP contribution in [0.4, 0.5) is 0 Å². The smallest absolute Gasteiger partial charge is 0.0554 e. The standard InChI is InChI=1S/C8H12N4O/c13-10-11-6-2-8(3-7-11)12-5-1-4-9-12/h1,4-5,8H,2-3,6-7H2. The van der Waals surface area contributed by atoms with Crippen LogP contribution in [-0.4, -0.2) is 27.9 Å². The number of piperidine rings is 1. The van der Waals surface area contributed by atoms with Gasteiger partial charge in [0.05, 0.1) is 11.3 Å². The first-order chi connectivity index (χ1) is 6.40. The van der Waals surface area contributed by atoms with E-state index in [9.17, 15) is 4.91 Å². The molecular weight excluding hydrogens is 168 g/mol. The third-order valence-corrected chi connectivity index (χ3v) is 2.46. The second kappa shape index (κ2) is 3.55. The van der Waals surface area contributed by atoms with Crippen LogP contribution in [0.3, 0.4) is 0 Å². The molecule has 0 saturated carbocycles. The van der Waals surface area contributed by atoms with Crippen molar-refractivity contribution < 1.29 is 0 Å². The van der Waals surface area contributed by atoms with Gasteiger partial charge >= 0.3 is 0 Å². The summed E-state index contributed by atoms with van der Waals surface area (Å²) in [5, 5.41) is 8.67. The van der Waals surface area contributed by atoms with E-state index in [0.717, 1.165) is 25.9 Å². The first-order valence-corrected chi connectivity index (χ1v) is 4.47. The summed E-state index contributed by atoms with van der Waals surface area (Å²) in [6.45, 7) is 1.49. The molecule has 0 spiro atoms. The number of aromatic nitrogens is 2. The minimum Gasteiger partial charge on any atom is -0.270 e. The van der Waals surface area contributed by atoms with E-state index >= 15 is 0 Å². The Morgan fingerprint density at radius 1 is 1.38 bits per heavy atom. The van der Waals surface area contributed by atoms with Crippen molar-refractivity contribution in [3.8, 4) is 0 Å². The van der Waals surface area contributed by atoms with Crippen LogP contribution >= 0.6 is 0 Å². The zero-order valence-electron chi connectivity index (χ0n) is 7.33. The average Bonchev–Trinajstić information content (AvgIpc) is 2.71. The molecule has 2 heterocycles. The molecule has 0 bridgehead atoms. The molecule has 1 aliphatic heterocycles. The molecule has 1 aliphatic rings. The van der Waals surface area contributed by atoms with Crippen LogP contribution < -0.4 is 0 Å². The Hall–Kier alpha value is -1.39. The van der Waals surface area contributed by atoms with Gasteiger partial charge in [-0.3, -0.25) is 9.69 Å². The summed E-state index contributed by atoms with van der Waals surface area (Å²) in [4.78, 5) is 10.2. The molecule has 0 aliphatic carbocycles. The van der Waals surface area contributed by atoms with E-state index in [2.05, 4.69) is 10.4 Å². The van der Waals surface area contributed by atoms with E-state index in [0.29, 0.717) is 6.04 Å². The molecule has 1 saturated heterocycles. The molecule has 0 N–H and O–H groups in total. The maximum absolute atomic E-state index is 10.2. The normalized spacial score (nSPS) is 18.9. The molecule has 5 nitrogen and oxygen atoms in total. The van der Waals surface area contributed by atoms with Crippen molar-refractivity contribution >= 4 is 0 Å². The Labute approximate surface area is 76.3 Å². The highest BCUT2D eigenvalue weighted by Gasteiger charge is 2.19. The molecule has 0 amide bonds. The molecule has 0 aromatic carbocycles. The number of rotatable bonds is 2. The second-order valence-corrected chi connectivity index (χ2v) is 3.25. The summed E-state index contributed by atoms with van der Waals surface area (Å²) in [6.07, 6.45) is 5.65. The third kappa shape index (κ3) is 1.68. The lowest BCUT2D eigenvalue weighted by atomic mass is 10.1. The van der Waals surface area contributed by atoms with Crippen LogP contribution in [0.15, 0.2) is 23.7 Å². The van der Waals surface area contributed by atoms with Gasteiger partial charge in [0.1, 0.15) is 0 Å². The topological polar surface area (TPSA) is 50.5 Å². The van der Waals surface area contributed by atoms with Gasteiger partial charge in [-0.25, -0.2) is 0 Å². The molecule has 70 valence electrons. The van der Waals surface area contributed by atoms with Gasteiger partial charge in [-0.05, 0) is 18.9 Å². The van der Waals surface area contributed by atoms with Crippen molar-refractivity contribution in [1.82, 2.24) is 14.8 Å². The van der Waals surface area contributed by atoms with Crippen LogP contribution in [-0.2, 0) is 0 Å². The van der Waals surface area contributed by atoms with Gasteiger partial charge in [-0.1, -0.05) is 0 Å². The summed E-state index contributed by atoms with van der Waals surface area (Å²) in [5.41, 5.74) is 0. The van der Waals surface area contributed by atoms with Crippen molar-refractivity contribution in [2.75, 3.05) is 13.1 Å². The van der Waals surface area contributed by atoms with Crippen LogP contribution in [0.25, 0.3) is 0 Å². The molecule has 5 heteroatoms. The molecule has 0 radical (unpaired) electrons. The maximum Gasteiger partial charge on any atom is 0.0554 e. The Kier molecular flexibility index (Phi) is 2.25. The fraction of sp³-hybridized carbons (Fsp3) is 0.625. The summed E-state index contributed by atoms with van der Waals surface area (Å²) >= 11 is 0. The number of hydrogen-bond donors (Lipinski definition) is 0. The molecule has 2 rings (SSSR count). The van der Waals surface area contributed by atoms with Crippen LogP contribution in [0.5, 0.6) is 0 Å². The molecule has 0 atom stereocenters. The minimum atomic E-state index is 0.438. The van der Waals surface area contributed by atoms with Gasteiger partial charge in [0.2, 0.25) is 0 Å². The van der Waals surface area contributed by atoms with E-state index in [-0.39, 0.29) is 0 Å². The second-order valence-electron chi connectivity index (χ2n) is 3.25. The summed E-state index contributed by atoms with van der Waals surface area (Å²) in [6, 6.07) is 2.36. The van der Waals surface area contributed by atoms with Crippen LogP contribution in [0.1, 0.15) is 18.9 Å². The van der Waals surface area contributed by atoms with Crippen LogP contribution in [0.2, 0.25) is 0 Å². The SMILES string of the molecule is O=NN1CCC(n2cccn2)CC1. The molecule has 1 fully saturated rings. The molecule has 1 aromatic rings. The fourth-order valence-corrected chi connectivity index (χ4v) is 1.70. The summed E-state index contributed by atoms with van der Waals surface area (Å²) in [5.74, 6) is 0. The van der Waals surface area contributed by atoms with Gasteiger partial charge < -0.3 is 0 Å². The number of nitroso groups, excluding NO2 is 1. The van der Waals surface area contributed by atoms with Gasteiger partial charge in [-0.2, -0.15) is 5.10 Å². The van der Waals surface area contributed by atoms with Gasteiger partial charge in [0.25, 0.3) is 0 Å². The predicted octanol–water partition coefficient (Wildman–Crippen LogP) is 1.20. The van der Waals surface area contributed by atoms with Crippen molar-refractivity contribution in [3.05, 3.63) is 23.4 Å². The maximum atomic E-state index is 10.2. The lowest BCUT2D eigenvalue weighted by molar-refractivity contribution is 0.184. The summed E-state index contributed by atoms with van der Waals surface area (Å²) < 4.78 is 1.96. The van der Waals surface area contributed by atoms with Gasteiger partial charge in [0.15, 0.2) is 0 Å². The Morgan fingerprint density at radius 2 is 2.15 bits per heavy atom. The first-order valence-electron chi connectivity index (χ1n) is 4.47. The van der Waals surface area contributed by atoms with Crippen molar-refractivity contribution in [2.24, 2.45) is 5.29 Å². The summed E-state index contributed by atoms with van der Waals surface area (Å²) in [7, 11) is 0. The zero-order chi connectivity index (χ0) is 9.10. The highest BCUT2D eigenvalue weighted by molar-refractivity contribution is 4.83. The number of nitrogens with zero attached hydrogens (tertiary/aromatic N) is 4. The molecular formula is C8H12N4O. The average molecular weight is 180 g/mol. The van der Waals surface area contributed by atoms with E-state index in [1.54, 1.807) is 11.2 Å². The van der Waals surface area contributed by atoms with Crippen molar-refractivity contribution in [3.63, 3.8) is 0 Å². The highest BCUT2D eigenvalue weighted by atomic mass is 16.3. The largest absolute Gasteiger partial charge is 0.270 e. The molecule has 0 unspecified atom stereocenters. The lowest BCUT2D eigenvalue weighted by Crippen LogP contribution is -2.30. The first kappa shape index (κ1) is 8.22. The van der Waals surface area contributed by atoms with Gasteiger partial charge in [-0.15, -0.1) is 4.91 Å². The van der Waals surface area contributed by atoms with E-state index in [1.165, 1.54) is 0 Å². The van der Waals surface area contributed by atoms with E-state index in [1.807, 2.05) is 16.9 Å². The fourth-order valence-electron chi connectivity index (χ4n) is 1.70. The molecule has 13 heavy (non-hydrogen) atoms. The highest BCUT2D eigenvalue weighted by Crippen LogP contribution is 2.20. The minimum absolute atomic E-state index is 0.438. The predicted molar refractivity (Wildman–Crippen MR) is 47.9 cm³/mol. The monoisotopic (exact) mass is 180 g/mol. The Morgan fingerprint density at radius 3 is 2.69 bits per heavy atom. The van der Waals surface area contributed by atoms with E-state index < -0.39 is 0 Å². The van der Waals surface area contributed by atoms with Crippen molar-refractivity contribution in [1.29, 1.82) is 0 Å². The third-order valence-electron chi connectivity index (χ3n) is 2.46. The van der Waals surface area contributed by atoms with Crippen molar-refractivity contribution in [2.45, 2.75) is 18.9 Å². The van der Waals surface area contributed by atoms with Gasteiger partial charge in [0, 0.05) is 25.5 Å². The lowest BCUT2D eigenvalue weighted by Gasteiger charge is -2.27. The number of hydrogen-bond acceptors (Lipinski definition) is 3. The zero-order valence-corrected chi connectivity index (χ0v) is 7.33. The van der Waals surface area contributed by atoms with Crippen LogP contribution in [0, 0.1) is 4.91 Å².